The molecule has 132 valence electrons. The van der Waals surface area contributed by atoms with Crippen LogP contribution < -0.4 is 10.6 Å². The predicted octanol–water partition coefficient (Wildman–Crippen LogP) is 1.85. The number of nitrogens with one attached hydrogen (secondary N) is 2. The van der Waals surface area contributed by atoms with Gasteiger partial charge in [0.05, 0.1) is 6.54 Å². The monoisotopic (exact) mass is 340 g/mol. The Morgan fingerprint density at radius 1 is 1.12 bits per heavy atom. The van der Waals surface area contributed by atoms with Gasteiger partial charge in [0.2, 0.25) is 11.8 Å². The molecule has 6 nitrogen and oxygen atoms in total. The van der Waals surface area contributed by atoms with Gasteiger partial charge in [-0.05, 0) is 36.5 Å². The topological polar surface area (TPSA) is 76.0 Å². The highest BCUT2D eigenvalue weighted by Crippen LogP contribution is 2.28. The second-order valence-electron chi connectivity index (χ2n) is 6.42. The summed E-state index contributed by atoms with van der Waals surface area (Å²) in [7, 11) is 0. The molecule has 25 heavy (non-hydrogen) atoms. The van der Waals surface area contributed by atoms with E-state index < -0.39 is 0 Å². The molecule has 1 fully saturated rings. The van der Waals surface area contributed by atoms with Gasteiger partial charge >= 0.3 is 0 Å². The molecule has 1 aromatic heterocycles. The Morgan fingerprint density at radius 2 is 1.92 bits per heavy atom. The maximum atomic E-state index is 12.0. The van der Waals surface area contributed by atoms with Crippen LogP contribution in [0.4, 0.5) is 0 Å². The number of carbonyl (C=O) groups is 2. The third-order valence-electron chi connectivity index (χ3n) is 4.31. The maximum absolute atomic E-state index is 12.0. The predicted molar refractivity (Wildman–Crippen MR) is 94.6 cm³/mol. The highest BCUT2D eigenvalue weighted by atomic mass is 16.2. The van der Waals surface area contributed by atoms with Gasteiger partial charge in [0.1, 0.15) is 0 Å². The van der Waals surface area contributed by atoms with E-state index in [1.165, 1.54) is 0 Å². The van der Waals surface area contributed by atoms with E-state index in [-0.39, 0.29) is 17.7 Å². The first-order valence-corrected chi connectivity index (χ1v) is 8.81. The van der Waals surface area contributed by atoms with Gasteiger partial charge in [-0.25, -0.2) is 0 Å². The minimum atomic E-state index is 0.00885. The lowest BCUT2D eigenvalue weighted by Crippen LogP contribution is -2.28. The minimum absolute atomic E-state index is 0.00885. The molecule has 1 heterocycles. The first-order valence-electron chi connectivity index (χ1n) is 8.81. The summed E-state index contributed by atoms with van der Waals surface area (Å²) in [5.41, 5.74) is 2.23. The second kappa shape index (κ2) is 8.46. The number of amides is 2. The van der Waals surface area contributed by atoms with Crippen molar-refractivity contribution >= 4 is 11.8 Å². The van der Waals surface area contributed by atoms with Crippen molar-refractivity contribution in [3.05, 3.63) is 53.9 Å². The SMILES string of the molecule is O=C(CCCNC(=O)C1CC1)NCc1ccccc1Cn1cccn1. The van der Waals surface area contributed by atoms with Crippen LogP contribution in [0, 0.1) is 5.92 Å². The highest BCUT2D eigenvalue weighted by molar-refractivity contribution is 5.81. The summed E-state index contributed by atoms with van der Waals surface area (Å²) >= 11 is 0. The van der Waals surface area contributed by atoms with Gasteiger partial charge in [-0.1, -0.05) is 24.3 Å². The van der Waals surface area contributed by atoms with Crippen molar-refractivity contribution < 1.29 is 9.59 Å². The molecular formula is C19H24N4O2. The molecular weight excluding hydrogens is 316 g/mol. The van der Waals surface area contributed by atoms with Crippen LogP contribution in [0.3, 0.4) is 0 Å². The Kier molecular flexibility index (Phi) is 5.82. The van der Waals surface area contributed by atoms with E-state index in [1.54, 1.807) is 6.20 Å². The smallest absolute Gasteiger partial charge is 0.223 e. The number of nitrogens with zero attached hydrogens (tertiary/aromatic N) is 2. The lowest BCUT2D eigenvalue weighted by Gasteiger charge is -2.11. The van der Waals surface area contributed by atoms with Crippen LogP contribution in [0.15, 0.2) is 42.7 Å². The fourth-order valence-corrected chi connectivity index (χ4v) is 2.69. The average molecular weight is 340 g/mol. The molecule has 1 aliphatic carbocycles. The van der Waals surface area contributed by atoms with E-state index in [1.807, 2.05) is 35.1 Å². The molecule has 2 amide bonds. The van der Waals surface area contributed by atoms with Crippen molar-refractivity contribution in [3.8, 4) is 0 Å². The zero-order valence-electron chi connectivity index (χ0n) is 14.3. The van der Waals surface area contributed by atoms with E-state index in [2.05, 4.69) is 21.8 Å². The summed E-state index contributed by atoms with van der Waals surface area (Å²) < 4.78 is 1.86. The highest BCUT2D eigenvalue weighted by Gasteiger charge is 2.28. The van der Waals surface area contributed by atoms with E-state index in [0.29, 0.717) is 32.5 Å². The summed E-state index contributed by atoms with van der Waals surface area (Å²) in [5, 5.41) is 10.1. The summed E-state index contributed by atoms with van der Waals surface area (Å²) in [4.78, 5) is 23.5. The summed E-state index contributed by atoms with van der Waals surface area (Å²) in [6.07, 6.45) is 6.78. The molecule has 0 spiro atoms. The van der Waals surface area contributed by atoms with Crippen molar-refractivity contribution in [2.45, 2.75) is 38.8 Å². The third kappa shape index (κ3) is 5.45. The molecule has 6 heteroatoms. The Balaban J connectivity index is 1.40. The molecule has 0 unspecified atom stereocenters. The van der Waals surface area contributed by atoms with Crippen LogP contribution in [0.25, 0.3) is 0 Å². The number of aromatic nitrogens is 2. The van der Waals surface area contributed by atoms with Crippen molar-refractivity contribution in [3.63, 3.8) is 0 Å². The molecule has 0 radical (unpaired) electrons. The molecule has 0 bridgehead atoms. The maximum Gasteiger partial charge on any atom is 0.223 e. The molecule has 1 aromatic carbocycles. The fourth-order valence-electron chi connectivity index (χ4n) is 2.69. The minimum Gasteiger partial charge on any atom is -0.356 e. The fraction of sp³-hybridized carbons (Fsp3) is 0.421. The molecule has 0 aliphatic heterocycles. The first kappa shape index (κ1) is 17.2. The van der Waals surface area contributed by atoms with Gasteiger partial charge in [0.15, 0.2) is 0 Å². The zero-order valence-corrected chi connectivity index (χ0v) is 14.3. The Morgan fingerprint density at radius 3 is 2.64 bits per heavy atom. The zero-order chi connectivity index (χ0) is 17.5. The number of carbonyl (C=O) groups excluding carboxylic acids is 2. The van der Waals surface area contributed by atoms with E-state index >= 15 is 0 Å². The van der Waals surface area contributed by atoms with Crippen molar-refractivity contribution in [1.82, 2.24) is 20.4 Å². The summed E-state index contributed by atoms with van der Waals surface area (Å²) in [6, 6.07) is 9.94. The number of hydrogen-bond acceptors (Lipinski definition) is 3. The van der Waals surface area contributed by atoms with Crippen molar-refractivity contribution in [1.29, 1.82) is 0 Å². The van der Waals surface area contributed by atoms with Gasteiger partial charge in [0.25, 0.3) is 0 Å². The van der Waals surface area contributed by atoms with Crippen LogP contribution >= 0.6 is 0 Å². The van der Waals surface area contributed by atoms with E-state index in [4.69, 9.17) is 0 Å². The van der Waals surface area contributed by atoms with Gasteiger partial charge in [-0.2, -0.15) is 5.10 Å². The largest absolute Gasteiger partial charge is 0.356 e. The molecule has 1 saturated carbocycles. The van der Waals surface area contributed by atoms with Crippen molar-refractivity contribution in [2.24, 2.45) is 5.92 Å². The van der Waals surface area contributed by atoms with Crippen LogP contribution in [0.1, 0.15) is 36.8 Å². The van der Waals surface area contributed by atoms with Gasteiger partial charge in [-0.15, -0.1) is 0 Å². The molecule has 0 saturated heterocycles. The number of rotatable bonds is 9. The Hall–Kier alpha value is -2.63. The molecule has 2 aromatic rings. The number of hydrogen-bond donors (Lipinski definition) is 2. The normalized spacial score (nSPS) is 13.4. The quantitative estimate of drug-likeness (QED) is 0.684. The standard InChI is InChI=1S/C19H24N4O2/c24-18(7-3-10-20-19(25)15-8-9-15)21-13-16-5-1-2-6-17(16)14-23-12-4-11-22-23/h1-2,4-6,11-12,15H,3,7-10,13-14H2,(H,20,25)(H,21,24). The average Bonchev–Trinajstić information content (AvgIpc) is 3.36. The van der Waals surface area contributed by atoms with E-state index in [9.17, 15) is 9.59 Å². The van der Waals surface area contributed by atoms with Crippen LogP contribution in [0.5, 0.6) is 0 Å². The molecule has 1 aliphatic rings. The van der Waals surface area contributed by atoms with Gasteiger partial charge < -0.3 is 10.6 Å². The van der Waals surface area contributed by atoms with Crippen LogP contribution in [0.2, 0.25) is 0 Å². The Labute approximate surface area is 147 Å². The van der Waals surface area contributed by atoms with Gasteiger partial charge in [0, 0.05) is 37.8 Å². The van der Waals surface area contributed by atoms with Crippen LogP contribution in [-0.2, 0) is 22.7 Å². The lowest BCUT2D eigenvalue weighted by molar-refractivity contribution is -0.123. The molecule has 0 atom stereocenters. The third-order valence-corrected chi connectivity index (χ3v) is 4.31. The van der Waals surface area contributed by atoms with E-state index in [0.717, 1.165) is 24.0 Å². The summed E-state index contributed by atoms with van der Waals surface area (Å²) in [5.74, 6) is 0.364. The number of benzene rings is 1. The Bertz CT molecular complexity index is 708. The van der Waals surface area contributed by atoms with Gasteiger partial charge in [-0.3, -0.25) is 14.3 Å². The first-order chi connectivity index (χ1) is 12.2. The molecule has 3 rings (SSSR count). The second-order valence-corrected chi connectivity index (χ2v) is 6.42. The van der Waals surface area contributed by atoms with Crippen LogP contribution in [-0.4, -0.2) is 28.1 Å². The molecule has 2 N–H and O–H groups in total. The lowest BCUT2D eigenvalue weighted by atomic mass is 10.1. The van der Waals surface area contributed by atoms with Crippen molar-refractivity contribution in [2.75, 3.05) is 6.54 Å². The summed E-state index contributed by atoms with van der Waals surface area (Å²) in [6.45, 7) is 1.76.